The molecule has 2 atom stereocenters. The number of ether oxygens (including phenoxy) is 1. The van der Waals surface area contributed by atoms with Crippen molar-refractivity contribution in [1.82, 2.24) is 55.1 Å². The SMILES string of the molecule is CC(NC(=O)CCCCCNC(=O)/C=C\C=O)C(=O)N[C@@H](Cc1ccccc1)C(=O)Nc1ccc(COC(=O)N(CCCNCCN2C(=O)c3cccc4c(-n5ccnc5)ccc(c34)C2=O)CCN2C(=O)c3cccc4c(-n5ccnc5)ccc(c34)C2=O)cc1. The third-order valence-electron chi connectivity index (χ3n) is 15.6. The molecule has 23 nitrogen and oxygen atoms in total. The second-order valence-electron chi connectivity index (χ2n) is 21.7. The molecule has 1 unspecified atom stereocenters. The number of imide groups is 2. The lowest BCUT2D eigenvalue weighted by Gasteiger charge is -2.30. The summed E-state index contributed by atoms with van der Waals surface area (Å²) >= 11 is 0. The zero-order valence-corrected chi connectivity index (χ0v) is 49.3. The smallest absolute Gasteiger partial charge is 0.410 e. The minimum Gasteiger partial charge on any atom is -0.445 e. The van der Waals surface area contributed by atoms with Crippen LogP contribution in [0, 0.1) is 0 Å². The molecule has 0 radical (unpaired) electrons. The number of hydrogen-bond donors (Lipinski definition) is 5. The van der Waals surface area contributed by atoms with E-state index in [1.807, 2.05) is 53.1 Å². The van der Waals surface area contributed by atoms with Crippen molar-refractivity contribution in [1.29, 1.82) is 0 Å². The number of benzene rings is 6. The van der Waals surface area contributed by atoms with Crippen molar-refractivity contribution >= 4 is 86.9 Å². The first kappa shape index (κ1) is 62.1. The fourth-order valence-corrected chi connectivity index (χ4v) is 11.0. The molecule has 23 heteroatoms. The average molecular weight is 1220 g/mol. The predicted molar refractivity (Wildman–Crippen MR) is 334 cm³/mol. The third kappa shape index (κ3) is 14.5. The molecule has 2 aliphatic heterocycles. The molecule has 0 saturated carbocycles. The van der Waals surface area contributed by atoms with E-state index in [1.54, 1.807) is 109 Å². The van der Waals surface area contributed by atoms with Crippen LogP contribution in [-0.2, 0) is 41.7 Å². The highest BCUT2D eigenvalue weighted by molar-refractivity contribution is 6.27. The Hall–Kier alpha value is -10.9. The maximum atomic E-state index is 14.2. The van der Waals surface area contributed by atoms with Crippen LogP contribution in [0.5, 0.6) is 0 Å². The van der Waals surface area contributed by atoms with Gasteiger partial charge in [-0.3, -0.25) is 53.0 Å². The molecular weight excluding hydrogens is 1150 g/mol. The number of carbonyl (C=O) groups is 10. The molecule has 8 aromatic rings. The van der Waals surface area contributed by atoms with Crippen LogP contribution < -0.4 is 26.6 Å². The van der Waals surface area contributed by atoms with Gasteiger partial charge in [0.1, 0.15) is 25.0 Å². The Labute approximate surface area is 517 Å². The molecule has 2 aromatic heterocycles. The number of carbonyl (C=O) groups excluding carboxylic acids is 10. The predicted octanol–water partition coefficient (Wildman–Crippen LogP) is 6.48. The van der Waals surface area contributed by atoms with Gasteiger partial charge in [-0.15, -0.1) is 0 Å². The molecule has 10 rings (SSSR count). The van der Waals surface area contributed by atoms with Crippen molar-refractivity contribution in [2.24, 2.45) is 0 Å². The maximum absolute atomic E-state index is 14.2. The van der Waals surface area contributed by atoms with E-state index in [0.717, 1.165) is 39.4 Å². The highest BCUT2D eigenvalue weighted by Crippen LogP contribution is 2.35. The van der Waals surface area contributed by atoms with Gasteiger partial charge in [-0.2, -0.15) is 0 Å². The number of unbranched alkanes of at least 4 members (excludes halogenated alkanes) is 2. The summed E-state index contributed by atoms with van der Waals surface area (Å²) in [4.78, 5) is 145. The van der Waals surface area contributed by atoms with E-state index in [4.69, 9.17) is 4.74 Å². The first-order valence-corrected chi connectivity index (χ1v) is 29.6. The van der Waals surface area contributed by atoms with E-state index < -0.39 is 53.6 Å². The quantitative estimate of drug-likeness (QED) is 0.0145. The summed E-state index contributed by atoms with van der Waals surface area (Å²) in [6.07, 6.45) is 14.6. The molecule has 0 fully saturated rings. The van der Waals surface area contributed by atoms with Gasteiger partial charge in [-0.1, -0.05) is 73.2 Å². The Morgan fingerprint density at radius 1 is 0.600 bits per heavy atom. The van der Waals surface area contributed by atoms with Gasteiger partial charge in [0.05, 0.1) is 24.0 Å². The number of rotatable bonds is 29. The average Bonchev–Trinajstić information content (AvgIpc) is 1.08. The molecule has 0 aliphatic carbocycles. The van der Waals surface area contributed by atoms with E-state index in [9.17, 15) is 47.9 Å². The standard InChI is InChI=1S/C67H66N12O11/c1-44(72-58(82)18-6-3-7-29-71-57(81)19-10-39-80)61(83)74-54(40-45-12-4-2-5-13-45)62(84)73-47-22-20-46(21-23-47)41-90-67(89)75(37-38-79-64(86)51-17-9-15-49-56(77-35-31-70-43-77)27-25-53(60(49)51)66(79)88)33-11-28-68-32-36-78-63(85)50-16-8-14-48-55(76-34-30-69-42-76)26-24-52(59(48)50)65(78)87/h2,4-5,8-10,12-17,19-27,30-31,34-35,39,42-44,54,68H,3,6-7,11,18,28-29,32-33,36-38,40-41H2,1H3,(H,71,81)(H,72,82)(H,73,84)(H,74,83)/b19-10-/t44?,54-/m0/s1. The zero-order chi connectivity index (χ0) is 63.1. The van der Waals surface area contributed by atoms with E-state index in [2.05, 4.69) is 36.6 Å². The van der Waals surface area contributed by atoms with Crippen LogP contribution in [0.25, 0.3) is 32.9 Å². The van der Waals surface area contributed by atoms with E-state index >= 15 is 0 Å². The summed E-state index contributed by atoms with van der Waals surface area (Å²) in [6.45, 7) is 2.29. The molecule has 2 aliphatic rings. The Morgan fingerprint density at radius 2 is 1.21 bits per heavy atom. The zero-order valence-electron chi connectivity index (χ0n) is 49.3. The summed E-state index contributed by atoms with van der Waals surface area (Å²) in [6, 6.07) is 31.4. The van der Waals surface area contributed by atoms with Crippen LogP contribution >= 0.6 is 0 Å². The van der Waals surface area contributed by atoms with Gasteiger partial charge in [0.15, 0.2) is 0 Å². The lowest BCUT2D eigenvalue weighted by molar-refractivity contribution is -0.130. The van der Waals surface area contributed by atoms with Crippen LogP contribution in [0.15, 0.2) is 165 Å². The summed E-state index contributed by atoms with van der Waals surface area (Å²) in [5.74, 6) is -3.67. The number of aldehydes is 1. The van der Waals surface area contributed by atoms with Gasteiger partial charge in [-0.05, 0) is 98.5 Å². The molecule has 5 N–H and O–H groups in total. The van der Waals surface area contributed by atoms with Crippen molar-refractivity contribution in [2.45, 2.75) is 64.1 Å². The minimum atomic E-state index is -1.04. The number of anilines is 1. The minimum absolute atomic E-state index is 0.0763. The number of nitrogens with one attached hydrogen (secondary N) is 5. The van der Waals surface area contributed by atoms with Crippen molar-refractivity contribution in [3.8, 4) is 11.4 Å². The highest BCUT2D eigenvalue weighted by Gasteiger charge is 2.36. The number of aromatic nitrogens is 4. The lowest BCUT2D eigenvalue weighted by Crippen LogP contribution is -2.52. The van der Waals surface area contributed by atoms with Crippen LogP contribution in [0.1, 0.15) is 91.6 Å². The second kappa shape index (κ2) is 29.2. The molecule has 6 aromatic carbocycles. The Balaban J connectivity index is 0.754. The van der Waals surface area contributed by atoms with Crippen LogP contribution in [0.3, 0.4) is 0 Å². The number of imidazole rings is 2. The lowest BCUT2D eigenvalue weighted by atomic mass is 9.93. The monoisotopic (exact) mass is 1210 g/mol. The van der Waals surface area contributed by atoms with Crippen LogP contribution in [0.2, 0.25) is 0 Å². The fraction of sp³-hybridized carbons (Fsp3) is 0.254. The first-order chi connectivity index (χ1) is 43.8. The van der Waals surface area contributed by atoms with E-state index in [1.165, 1.54) is 16.7 Å². The van der Waals surface area contributed by atoms with Crippen molar-refractivity contribution in [3.05, 3.63) is 198 Å². The summed E-state index contributed by atoms with van der Waals surface area (Å²) in [7, 11) is 0. The molecule has 90 heavy (non-hydrogen) atoms. The van der Waals surface area contributed by atoms with Gasteiger partial charge in [0.2, 0.25) is 23.6 Å². The second-order valence-corrected chi connectivity index (χ2v) is 21.7. The number of hydrogen-bond acceptors (Lipinski definition) is 14. The molecular formula is C67H66N12O11. The molecule has 9 amide bonds. The topological polar surface area (TPSA) is 285 Å². The van der Waals surface area contributed by atoms with E-state index in [0.29, 0.717) is 94.7 Å². The van der Waals surface area contributed by atoms with Crippen LogP contribution in [-0.4, -0.2) is 151 Å². The summed E-state index contributed by atoms with van der Waals surface area (Å²) < 4.78 is 9.50. The first-order valence-electron chi connectivity index (χ1n) is 29.6. The highest BCUT2D eigenvalue weighted by atomic mass is 16.6. The van der Waals surface area contributed by atoms with Gasteiger partial charge >= 0.3 is 6.09 Å². The van der Waals surface area contributed by atoms with Crippen LogP contribution in [0.4, 0.5) is 10.5 Å². The summed E-state index contributed by atoms with van der Waals surface area (Å²) in [5, 5.41) is 16.8. The number of allylic oxidation sites excluding steroid dienone is 1. The number of amides is 9. The molecule has 4 heterocycles. The van der Waals surface area contributed by atoms with Crippen molar-refractivity contribution in [2.75, 3.05) is 51.1 Å². The third-order valence-corrected chi connectivity index (χ3v) is 15.6. The Kier molecular flexibility index (Phi) is 20.1. The van der Waals surface area contributed by atoms with E-state index in [-0.39, 0.29) is 64.0 Å². The van der Waals surface area contributed by atoms with Gasteiger partial charge < -0.3 is 45.4 Å². The maximum Gasteiger partial charge on any atom is 0.410 e. The Morgan fingerprint density at radius 3 is 1.81 bits per heavy atom. The number of nitrogens with zero attached hydrogens (tertiary/aromatic N) is 7. The molecule has 0 bridgehead atoms. The largest absolute Gasteiger partial charge is 0.445 e. The normalized spacial score (nSPS) is 13.3. The summed E-state index contributed by atoms with van der Waals surface area (Å²) in [5.41, 5.74) is 4.79. The molecule has 0 saturated heterocycles. The van der Waals surface area contributed by atoms with Crippen molar-refractivity contribution < 1.29 is 52.7 Å². The van der Waals surface area contributed by atoms with Gasteiger partial charge in [0, 0.05) is 132 Å². The van der Waals surface area contributed by atoms with Crippen molar-refractivity contribution in [3.63, 3.8) is 0 Å². The Bertz CT molecular complexity index is 3980. The van der Waals surface area contributed by atoms with Gasteiger partial charge in [-0.25, -0.2) is 14.8 Å². The fourth-order valence-electron chi connectivity index (χ4n) is 11.0. The molecule has 0 spiro atoms. The molecule has 460 valence electrons. The van der Waals surface area contributed by atoms with Gasteiger partial charge in [0.25, 0.3) is 23.6 Å².